The SMILES string of the molecule is CCCn1cc(I(c2ccccc2)S(=O)(=O)C(F)(F)F)cn1. The molecule has 22 heavy (non-hydrogen) atoms. The van der Waals surface area contributed by atoms with E-state index in [0.717, 1.165) is 6.42 Å². The van der Waals surface area contributed by atoms with Gasteiger partial charge in [-0.1, -0.05) is 0 Å². The maximum absolute atomic E-state index is 13.0. The van der Waals surface area contributed by atoms with Crippen LogP contribution in [-0.2, 0) is 13.6 Å². The molecule has 0 bridgehead atoms. The number of rotatable bonds is 5. The molecule has 2 aromatic rings. The second-order valence-corrected chi connectivity index (χ2v) is 15.1. The Kier molecular flexibility index (Phi) is 5.15. The van der Waals surface area contributed by atoms with E-state index in [0.29, 0.717) is 6.54 Å². The van der Waals surface area contributed by atoms with Crippen LogP contribution in [0.1, 0.15) is 13.3 Å². The molecule has 9 heteroatoms. The average molecular weight is 446 g/mol. The van der Waals surface area contributed by atoms with Crippen molar-refractivity contribution in [2.24, 2.45) is 0 Å². The van der Waals surface area contributed by atoms with Gasteiger partial charge in [0.1, 0.15) is 0 Å². The van der Waals surface area contributed by atoms with Crippen molar-refractivity contribution in [1.82, 2.24) is 9.78 Å². The molecule has 4 nitrogen and oxygen atoms in total. The molecule has 122 valence electrons. The van der Waals surface area contributed by atoms with Gasteiger partial charge < -0.3 is 0 Å². The van der Waals surface area contributed by atoms with E-state index in [1.165, 1.54) is 29.2 Å². The predicted octanol–water partition coefficient (Wildman–Crippen LogP) is 3.69. The fourth-order valence-corrected chi connectivity index (χ4v) is 11.9. The number of hydrogen-bond donors (Lipinski definition) is 0. The molecule has 0 saturated carbocycles. The summed E-state index contributed by atoms with van der Waals surface area (Å²) in [4.78, 5) is 0. The van der Waals surface area contributed by atoms with Gasteiger partial charge in [-0.05, 0) is 0 Å². The van der Waals surface area contributed by atoms with Crippen LogP contribution in [0.3, 0.4) is 0 Å². The summed E-state index contributed by atoms with van der Waals surface area (Å²) in [5, 5.41) is 3.97. The number of aryl methyl sites for hydroxylation is 1. The van der Waals surface area contributed by atoms with Gasteiger partial charge >= 0.3 is 132 Å². The number of hydrogen-bond acceptors (Lipinski definition) is 3. The molecular formula is C13H14F3IN2O2S. The summed E-state index contributed by atoms with van der Waals surface area (Å²) >= 11 is -3.74. The Morgan fingerprint density at radius 2 is 1.82 bits per heavy atom. The van der Waals surface area contributed by atoms with E-state index < -0.39 is 31.0 Å². The van der Waals surface area contributed by atoms with Gasteiger partial charge in [-0.15, -0.1) is 0 Å². The summed E-state index contributed by atoms with van der Waals surface area (Å²) in [7, 11) is -5.24. The molecule has 0 saturated heterocycles. The van der Waals surface area contributed by atoms with E-state index in [2.05, 4.69) is 5.10 Å². The Bertz CT molecular complexity index is 729. The van der Waals surface area contributed by atoms with E-state index in [9.17, 15) is 21.6 Å². The Hall–Kier alpha value is -1.10. The number of halogens is 4. The van der Waals surface area contributed by atoms with Crippen LogP contribution in [0.15, 0.2) is 42.7 Å². The predicted molar refractivity (Wildman–Crippen MR) is 85.3 cm³/mol. The maximum atomic E-state index is 13.0. The second-order valence-electron chi connectivity index (χ2n) is 4.35. The van der Waals surface area contributed by atoms with E-state index in [1.807, 2.05) is 6.92 Å². The van der Waals surface area contributed by atoms with Gasteiger partial charge in [0.2, 0.25) is 0 Å². The summed E-state index contributed by atoms with van der Waals surface area (Å²) in [6.07, 6.45) is 3.42. The van der Waals surface area contributed by atoms with Crippen molar-refractivity contribution < 1.29 is 21.6 Å². The molecule has 1 aromatic heterocycles. The zero-order valence-electron chi connectivity index (χ0n) is 11.6. The third kappa shape index (κ3) is 3.45. The summed E-state index contributed by atoms with van der Waals surface area (Å²) in [5.74, 6) is 0. The van der Waals surface area contributed by atoms with Crippen LogP contribution < -0.4 is 0 Å². The van der Waals surface area contributed by atoms with Gasteiger partial charge in [0, 0.05) is 0 Å². The normalized spacial score (nSPS) is 13.2. The number of alkyl halides is 3. The standard InChI is InChI=1S/C13H14F3IN2O2S/c1-2-8-19-10-12(9-18-19)17(11-6-4-3-5-7-11)22(20,21)13(14,15)16/h3-7,9-10H,2,8H2,1H3. The first-order valence-electron chi connectivity index (χ1n) is 6.36. The van der Waals surface area contributed by atoms with Crippen molar-refractivity contribution in [2.45, 2.75) is 25.4 Å². The monoisotopic (exact) mass is 446 g/mol. The molecule has 0 radical (unpaired) electrons. The average Bonchev–Trinajstić information content (AvgIpc) is 2.87. The molecule has 0 aliphatic rings. The summed E-state index contributed by atoms with van der Waals surface area (Å²) in [5.41, 5.74) is -5.26. The fraction of sp³-hybridized carbons (Fsp3) is 0.308. The zero-order valence-corrected chi connectivity index (χ0v) is 14.6. The van der Waals surface area contributed by atoms with Gasteiger partial charge in [-0.2, -0.15) is 0 Å². The molecule has 1 aromatic carbocycles. The topological polar surface area (TPSA) is 52.0 Å². The summed E-state index contributed by atoms with van der Waals surface area (Å²) < 4.78 is 65.0. The van der Waals surface area contributed by atoms with E-state index in [4.69, 9.17) is 0 Å². The Balaban J connectivity index is 2.56. The van der Waals surface area contributed by atoms with Crippen molar-refractivity contribution in [3.63, 3.8) is 0 Å². The zero-order chi connectivity index (χ0) is 16.4. The van der Waals surface area contributed by atoms with Gasteiger partial charge in [0.25, 0.3) is 0 Å². The molecule has 0 fully saturated rings. The molecule has 1 heterocycles. The van der Waals surface area contributed by atoms with Crippen molar-refractivity contribution in [1.29, 1.82) is 0 Å². The third-order valence-electron chi connectivity index (χ3n) is 2.66. The third-order valence-corrected chi connectivity index (χ3v) is 14.5. The summed E-state index contributed by atoms with van der Waals surface area (Å²) in [6.45, 7) is 2.44. The van der Waals surface area contributed by atoms with Crippen LogP contribution in [0.25, 0.3) is 0 Å². The second kappa shape index (κ2) is 6.57. The number of nitrogens with zero attached hydrogens (tertiary/aromatic N) is 2. The molecule has 0 amide bonds. The van der Waals surface area contributed by atoms with Gasteiger partial charge in [-0.3, -0.25) is 0 Å². The van der Waals surface area contributed by atoms with Crippen LogP contribution in [0.2, 0.25) is 0 Å². The van der Waals surface area contributed by atoms with Crippen LogP contribution in [0.5, 0.6) is 0 Å². The van der Waals surface area contributed by atoms with E-state index >= 15 is 0 Å². The van der Waals surface area contributed by atoms with Gasteiger partial charge in [0.05, 0.1) is 0 Å². The minimum absolute atomic E-state index is 0.168. The number of benzene rings is 1. The Morgan fingerprint density at radius 3 is 2.36 bits per heavy atom. The van der Waals surface area contributed by atoms with E-state index in [1.54, 1.807) is 18.2 Å². The van der Waals surface area contributed by atoms with Gasteiger partial charge in [-0.25, -0.2) is 0 Å². The molecule has 0 spiro atoms. The molecule has 0 unspecified atom stereocenters. The number of aromatic nitrogens is 2. The molecule has 0 aliphatic heterocycles. The molecule has 0 atom stereocenters. The van der Waals surface area contributed by atoms with Crippen molar-refractivity contribution in [3.8, 4) is 0 Å². The van der Waals surface area contributed by atoms with Crippen LogP contribution >= 0.6 is 18.4 Å². The van der Waals surface area contributed by atoms with Crippen molar-refractivity contribution in [2.75, 3.05) is 0 Å². The summed E-state index contributed by atoms with van der Waals surface area (Å²) in [6, 6.07) is 7.60. The first-order valence-corrected chi connectivity index (χ1v) is 12.5. The molecule has 2 rings (SSSR count). The van der Waals surface area contributed by atoms with Crippen LogP contribution in [0, 0.1) is 7.14 Å². The van der Waals surface area contributed by atoms with Crippen LogP contribution in [0.4, 0.5) is 13.2 Å². The van der Waals surface area contributed by atoms with Crippen molar-refractivity contribution in [3.05, 3.63) is 49.9 Å². The quantitative estimate of drug-likeness (QED) is 0.520. The molecule has 0 N–H and O–H groups in total. The van der Waals surface area contributed by atoms with E-state index in [-0.39, 0.29) is 7.14 Å². The minimum atomic E-state index is -5.26. The Morgan fingerprint density at radius 1 is 1.18 bits per heavy atom. The van der Waals surface area contributed by atoms with Crippen molar-refractivity contribution >= 4 is 25.4 Å². The molecule has 0 aliphatic carbocycles. The van der Waals surface area contributed by atoms with Crippen LogP contribution in [-0.4, -0.2) is 23.7 Å². The van der Waals surface area contributed by atoms with Gasteiger partial charge in [0.15, 0.2) is 0 Å². The fourth-order valence-electron chi connectivity index (χ4n) is 1.76. The first-order chi connectivity index (χ1) is 10.3. The Labute approximate surface area is 132 Å². The molecular weight excluding hydrogens is 432 g/mol. The first kappa shape index (κ1) is 17.3.